The molecule has 0 radical (unpaired) electrons. The Morgan fingerprint density at radius 3 is 2.19 bits per heavy atom. The highest BCUT2D eigenvalue weighted by atomic mass is 35.5. The maximum Gasteiger partial charge on any atom is 0.243 e. The predicted molar refractivity (Wildman–Crippen MR) is 84.8 cm³/mol. The molecule has 0 atom stereocenters. The number of halogens is 1. The van der Waals surface area contributed by atoms with Crippen molar-refractivity contribution >= 4 is 27.3 Å². The zero-order valence-corrected chi connectivity index (χ0v) is 13.8. The van der Waals surface area contributed by atoms with Gasteiger partial charge in [-0.3, -0.25) is 0 Å². The van der Waals surface area contributed by atoms with Gasteiger partial charge in [-0.2, -0.15) is 4.31 Å². The van der Waals surface area contributed by atoms with Crippen LogP contribution in [0.5, 0.6) is 0 Å². The molecule has 1 aromatic carbocycles. The minimum absolute atomic E-state index is 0.258. The van der Waals surface area contributed by atoms with Gasteiger partial charge in [0.05, 0.1) is 4.90 Å². The van der Waals surface area contributed by atoms with Crippen molar-refractivity contribution in [3.05, 3.63) is 22.7 Å². The largest absolute Gasteiger partial charge is 0.398 e. The van der Waals surface area contributed by atoms with E-state index in [9.17, 15) is 8.42 Å². The summed E-state index contributed by atoms with van der Waals surface area (Å²) >= 11 is 6.01. The van der Waals surface area contributed by atoms with E-state index in [-0.39, 0.29) is 4.90 Å². The van der Waals surface area contributed by atoms with Crippen molar-refractivity contribution in [2.24, 2.45) is 11.8 Å². The molecule has 116 valence electrons. The molecule has 0 heterocycles. The normalized spacial score (nSPS) is 19.2. The van der Waals surface area contributed by atoms with E-state index in [2.05, 4.69) is 0 Å². The summed E-state index contributed by atoms with van der Waals surface area (Å²) in [5, 5.41) is 0.370. The van der Waals surface area contributed by atoms with E-state index >= 15 is 0 Å². The van der Waals surface area contributed by atoms with Crippen LogP contribution in [0.2, 0.25) is 5.02 Å². The number of benzene rings is 1. The summed E-state index contributed by atoms with van der Waals surface area (Å²) in [4.78, 5) is 0.258. The highest BCUT2D eigenvalue weighted by molar-refractivity contribution is 7.89. The van der Waals surface area contributed by atoms with Gasteiger partial charge in [0.1, 0.15) is 0 Å². The van der Waals surface area contributed by atoms with Gasteiger partial charge in [0.25, 0.3) is 0 Å². The third-order valence-electron chi connectivity index (χ3n) is 4.30. The van der Waals surface area contributed by atoms with Gasteiger partial charge in [0.15, 0.2) is 0 Å². The molecule has 2 aliphatic carbocycles. The lowest BCUT2D eigenvalue weighted by Crippen LogP contribution is -2.35. The maximum absolute atomic E-state index is 13.0. The molecule has 0 saturated heterocycles. The Labute approximate surface area is 131 Å². The number of nitrogens with two attached hydrogens (primary N) is 1. The smallest absolute Gasteiger partial charge is 0.243 e. The molecule has 6 heteroatoms. The summed E-state index contributed by atoms with van der Waals surface area (Å²) in [7, 11) is -3.52. The predicted octanol–water partition coefficient (Wildman–Crippen LogP) is 3.04. The summed E-state index contributed by atoms with van der Waals surface area (Å²) < 4.78 is 27.6. The second-order valence-electron chi connectivity index (χ2n) is 6.33. The van der Waals surface area contributed by atoms with Crippen LogP contribution >= 0.6 is 11.6 Å². The average Bonchev–Trinajstić information content (AvgIpc) is 3.27. The summed E-state index contributed by atoms with van der Waals surface area (Å²) in [5.74, 6) is 1.05. The van der Waals surface area contributed by atoms with Crippen LogP contribution in [0.3, 0.4) is 0 Å². The average molecular weight is 329 g/mol. The Morgan fingerprint density at radius 2 is 1.71 bits per heavy atom. The highest BCUT2D eigenvalue weighted by Gasteiger charge is 2.36. The van der Waals surface area contributed by atoms with Crippen LogP contribution in [0.1, 0.15) is 31.2 Å². The first-order chi connectivity index (χ1) is 9.88. The Hall–Kier alpha value is -0.780. The van der Waals surface area contributed by atoms with Crippen LogP contribution < -0.4 is 5.73 Å². The van der Waals surface area contributed by atoms with E-state index in [1.807, 2.05) is 0 Å². The molecule has 2 fully saturated rings. The second-order valence-corrected chi connectivity index (χ2v) is 8.67. The van der Waals surface area contributed by atoms with E-state index in [0.717, 1.165) is 25.7 Å². The van der Waals surface area contributed by atoms with Crippen molar-refractivity contribution in [2.75, 3.05) is 18.8 Å². The molecule has 0 spiro atoms. The van der Waals surface area contributed by atoms with Gasteiger partial charge in [-0.05, 0) is 62.1 Å². The molecule has 3 rings (SSSR count). The van der Waals surface area contributed by atoms with E-state index in [1.54, 1.807) is 17.3 Å². The van der Waals surface area contributed by atoms with Crippen LogP contribution in [-0.4, -0.2) is 25.8 Å². The SMILES string of the molecule is Cc1c(N)cc(Cl)cc1S(=O)(=O)N(CC1CC1)CC1CC1. The molecule has 2 saturated carbocycles. The number of nitrogens with zero attached hydrogens (tertiary/aromatic N) is 1. The van der Waals surface area contributed by atoms with Gasteiger partial charge in [-0.1, -0.05) is 11.6 Å². The molecule has 4 nitrogen and oxygen atoms in total. The van der Waals surface area contributed by atoms with E-state index in [4.69, 9.17) is 17.3 Å². The van der Waals surface area contributed by atoms with Gasteiger partial charge in [0, 0.05) is 23.8 Å². The lowest BCUT2D eigenvalue weighted by molar-refractivity contribution is 0.382. The fourth-order valence-electron chi connectivity index (χ4n) is 2.53. The van der Waals surface area contributed by atoms with Gasteiger partial charge >= 0.3 is 0 Å². The molecule has 2 aliphatic rings. The van der Waals surface area contributed by atoms with Crippen LogP contribution in [0.4, 0.5) is 5.69 Å². The molecule has 0 amide bonds. The number of hydrogen-bond acceptors (Lipinski definition) is 3. The standard InChI is InChI=1S/C15H21ClN2O2S/c1-10-14(17)6-13(16)7-15(10)21(19,20)18(8-11-2-3-11)9-12-4-5-12/h6-7,11-12H,2-5,8-9,17H2,1H3. The second kappa shape index (κ2) is 5.45. The highest BCUT2D eigenvalue weighted by Crippen LogP contribution is 2.37. The van der Waals surface area contributed by atoms with Crippen molar-refractivity contribution < 1.29 is 8.42 Å². The van der Waals surface area contributed by atoms with Crippen molar-refractivity contribution in [3.8, 4) is 0 Å². The minimum Gasteiger partial charge on any atom is -0.398 e. The Morgan fingerprint density at radius 1 is 1.19 bits per heavy atom. The van der Waals surface area contributed by atoms with Crippen molar-refractivity contribution in [3.63, 3.8) is 0 Å². The number of sulfonamides is 1. The van der Waals surface area contributed by atoms with Crippen LogP contribution in [0.15, 0.2) is 17.0 Å². The summed E-state index contributed by atoms with van der Waals surface area (Å²) in [5.41, 5.74) is 6.90. The van der Waals surface area contributed by atoms with Crippen LogP contribution in [0.25, 0.3) is 0 Å². The molecular weight excluding hydrogens is 308 g/mol. The van der Waals surface area contributed by atoms with Gasteiger partial charge in [0.2, 0.25) is 10.0 Å². The number of nitrogen functional groups attached to an aromatic ring is 1. The molecule has 0 unspecified atom stereocenters. The van der Waals surface area contributed by atoms with E-state index < -0.39 is 10.0 Å². The maximum atomic E-state index is 13.0. The Balaban J connectivity index is 1.95. The van der Waals surface area contributed by atoms with Crippen molar-refractivity contribution in [1.29, 1.82) is 0 Å². The monoisotopic (exact) mass is 328 g/mol. The lowest BCUT2D eigenvalue weighted by Gasteiger charge is -2.23. The van der Waals surface area contributed by atoms with Gasteiger partial charge in [-0.25, -0.2) is 8.42 Å². The van der Waals surface area contributed by atoms with E-state index in [0.29, 0.717) is 41.2 Å². The number of anilines is 1. The third-order valence-corrected chi connectivity index (χ3v) is 6.48. The Kier molecular flexibility index (Phi) is 3.93. The molecule has 2 N–H and O–H groups in total. The molecular formula is C15H21ClN2O2S. The fraction of sp³-hybridized carbons (Fsp3) is 0.600. The van der Waals surface area contributed by atoms with Crippen LogP contribution in [-0.2, 0) is 10.0 Å². The fourth-order valence-corrected chi connectivity index (χ4v) is 4.69. The number of rotatable bonds is 6. The van der Waals surface area contributed by atoms with E-state index in [1.165, 1.54) is 6.07 Å². The first-order valence-electron chi connectivity index (χ1n) is 7.43. The van der Waals surface area contributed by atoms with Crippen molar-refractivity contribution in [1.82, 2.24) is 4.31 Å². The summed E-state index contributed by atoms with van der Waals surface area (Å²) in [6.07, 6.45) is 4.53. The van der Waals surface area contributed by atoms with Gasteiger partial charge < -0.3 is 5.73 Å². The number of hydrogen-bond donors (Lipinski definition) is 1. The quantitative estimate of drug-likeness (QED) is 0.816. The molecule has 1 aromatic rings. The topological polar surface area (TPSA) is 63.4 Å². The molecule has 21 heavy (non-hydrogen) atoms. The first-order valence-corrected chi connectivity index (χ1v) is 9.25. The van der Waals surface area contributed by atoms with Crippen molar-refractivity contribution in [2.45, 2.75) is 37.5 Å². The molecule has 0 bridgehead atoms. The molecule has 0 aromatic heterocycles. The Bertz CT molecular complexity index is 638. The first kappa shape index (κ1) is 15.1. The zero-order valence-electron chi connectivity index (χ0n) is 12.2. The lowest BCUT2D eigenvalue weighted by atomic mass is 10.2. The molecule has 0 aliphatic heterocycles. The zero-order chi connectivity index (χ0) is 15.2. The summed E-state index contributed by atoms with van der Waals surface area (Å²) in [6, 6.07) is 3.12. The van der Waals surface area contributed by atoms with Crippen LogP contribution in [0, 0.1) is 18.8 Å². The minimum atomic E-state index is -3.52. The third kappa shape index (κ3) is 3.35. The summed E-state index contributed by atoms with van der Waals surface area (Å²) in [6.45, 7) is 3.00. The van der Waals surface area contributed by atoms with Gasteiger partial charge in [-0.15, -0.1) is 0 Å².